The molecule has 0 aromatic carbocycles. The number of aryl methyl sites for hydroxylation is 2. The minimum Gasteiger partial charge on any atom is -0.493 e. The molecule has 1 fully saturated rings. The number of aromatic nitrogens is 2. The van der Waals surface area contributed by atoms with Crippen LogP contribution in [0.25, 0.3) is 0 Å². The van der Waals surface area contributed by atoms with Crippen molar-refractivity contribution in [1.29, 1.82) is 0 Å². The van der Waals surface area contributed by atoms with Crippen LogP contribution in [0.4, 0.5) is 18.3 Å². The number of amides is 1. The van der Waals surface area contributed by atoms with Crippen molar-refractivity contribution in [2.75, 3.05) is 25.0 Å². The van der Waals surface area contributed by atoms with Crippen LogP contribution >= 0.6 is 11.3 Å². The molecule has 6 nitrogen and oxygen atoms in total. The van der Waals surface area contributed by atoms with Gasteiger partial charge >= 0.3 is 6.18 Å². The van der Waals surface area contributed by atoms with Gasteiger partial charge < -0.3 is 10.1 Å². The molecule has 1 saturated heterocycles. The van der Waals surface area contributed by atoms with Crippen molar-refractivity contribution in [3.05, 3.63) is 34.6 Å². The number of rotatable bonds is 6. The zero-order valence-corrected chi connectivity index (χ0v) is 17.9. The molecule has 1 aliphatic heterocycles. The Labute approximate surface area is 177 Å². The van der Waals surface area contributed by atoms with Gasteiger partial charge in [-0.25, -0.2) is 4.98 Å². The third-order valence-electron chi connectivity index (χ3n) is 4.83. The molecule has 0 spiro atoms. The molecule has 0 saturated carbocycles. The molecule has 3 rings (SSSR count). The number of halogens is 3. The summed E-state index contributed by atoms with van der Waals surface area (Å²) in [4.78, 5) is 22.1. The number of ether oxygens (including phenoxy) is 1. The monoisotopic (exact) mass is 442 g/mol. The van der Waals surface area contributed by atoms with Gasteiger partial charge in [-0.05, 0) is 20.3 Å². The molecule has 0 bridgehead atoms. The first kappa shape index (κ1) is 22.5. The van der Waals surface area contributed by atoms with E-state index in [0.29, 0.717) is 24.0 Å². The average Bonchev–Trinajstić information content (AvgIpc) is 3.04. The molecule has 3 heterocycles. The van der Waals surface area contributed by atoms with E-state index < -0.39 is 12.1 Å². The van der Waals surface area contributed by atoms with Crippen molar-refractivity contribution in [3.8, 4) is 5.75 Å². The topological polar surface area (TPSA) is 67.4 Å². The van der Waals surface area contributed by atoms with Gasteiger partial charge in [0.05, 0.1) is 12.5 Å². The van der Waals surface area contributed by atoms with Crippen LogP contribution in [0.1, 0.15) is 29.6 Å². The minimum absolute atomic E-state index is 0.0445. The Morgan fingerprint density at radius 2 is 2.00 bits per heavy atom. The van der Waals surface area contributed by atoms with E-state index in [-0.39, 0.29) is 31.4 Å². The highest BCUT2D eigenvalue weighted by Crippen LogP contribution is 2.36. The predicted octanol–water partition coefficient (Wildman–Crippen LogP) is 4.19. The van der Waals surface area contributed by atoms with Gasteiger partial charge in [0.2, 0.25) is 5.91 Å². The molecule has 0 radical (unpaired) electrons. The van der Waals surface area contributed by atoms with Crippen molar-refractivity contribution < 1.29 is 22.7 Å². The summed E-state index contributed by atoms with van der Waals surface area (Å²) in [6.07, 6.45) is -2.61. The fourth-order valence-corrected chi connectivity index (χ4v) is 4.59. The second kappa shape index (κ2) is 9.30. The van der Waals surface area contributed by atoms with Crippen molar-refractivity contribution in [3.63, 3.8) is 0 Å². The molecule has 2 aromatic rings. The Morgan fingerprint density at radius 3 is 2.63 bits per heavy atom. The van der Waals surface area contributed by atoms with Crippen molar-refractivity contribution in [2.45, 2.75) is 39.9 Å². The van der Waals surface area contributed by atoms with Crippen molar-refractivity contribution in [2.24, 2.45) is 11.8 Å². The quantitative estimate of drug-likeness (QED) is 0.727. The number of nitrogens with one attached hydrogen (secondary N) is 1. The van der Waals surface area contributed by atoms with Gasteiger partial charge in [-0.15, -0.1) is 11.3 Å². The van der Waals surface area contributed by atoms with Crippen LogP contribution in [0.15, 0.2) is 18.3 Å². The second-order valence-corrected chi connectivity index (χ2v) is 8.86. The van der Waals surface area contributed by atoms with Gasteiger partial charge in [-0.1, -0.05) is 0 Å². The van der Waals surface area contributed by atoms with Crippen molar-refractivity contribution >= 4 is 22.4 Å². The number of hydrogen-bond donors (Lipinski definition) is 1. The zero-order chi connectivity index (χ0) is 21.9. The lowest BCUT2D eigenvalue weighted by Gasteiger charge is -2.38. The molecule has 30 heavy (non-hydrogen) atoms. The first-order valence-corrected chi connectivity index (χ1v) is 10.5. The molecule has 0 aliphatic carbocycles. The molecule has 164 valence electrons. The Hall–Kier alpha value is -2.20. The lowest BCUT2D eigenvalue weighted by molar-refractivity contribution is -0.193. The van der Waals surface area contributed by atoms with E-state index in [2.05, 4.69) is 15.3 Å². The number of thiazole rings is 1. The largest absolute Gasteiger partial charge is 0.493 e. The van der Waals surface area contributed by atoms with E-state index in [4.69, 9.17) is 4.74 Å². The van der Waals surface area contributed by atoms with Crippen LogP contribution in [0.2, 0.25) is 0 Å². The first-order chi connectivity index (χ1) is 14.1. The highest BCUT2D eigenvalue weighted by Gasteiger charge is 2.44. The van der Waals surface area contributed by atoms with Gasteiger partial charge in [0, 0.05) is 67.1 Å². The Balaban J connectivity index is 1.66. The van der Waals surface area contributed by atoms with E-state index in [0.717, 1.165) is 16.3 Å². The molecular weight excluding hydrogens is 417 g/mol. The standard InChI is InChI=1S/C20H25F3N4O2S/c1-12-4-17(5-13(2)25-12)29-11-15-6-16(20(21,22)23)9-27(8-15)10-18-7-24-19(30-18)26-14(3)28/h4-5,7,15-16H,6,8-11H2,1-3H3,(H,24,26,28)/t15?,16-/m1/s1. The molecule has 1 amide bonds. The zero-order valence-electron chi connectivity index (χ0n) is 17.1. The lowest BCUT2D eigenvalue weighted by Crippen LogP contribution is -2.46. The summed E-state index contributed by atoms with van der Waals surface area (Å²) in [6.45, 7) is 6.11. The summed E-state index contributed by atoms with van der Waals surface area (Å²) in [6, 6.07) is 3.57. The number of anilines is 1. The number of alkyl halides is 3. The summed E-state index contributed by atoms with van der Waals surface area (Å²) < 4.78 is 46.4. The van der Waals surface area contributed by atoms with Gasteiger partial charge in [0.1, 0.15) is 5.75 Å². The maximum Gasteiger partial charge on any atom is 0.393 e. The number of carbonyl (C=O) groups is 1. The summed E-state index contributed by atoms with van der Waals surface area (Å²) in [5.41, 5.74) is 1.62. The van der Waals surface area contributed by atoms with Crippen molar-refractivity contribution in [1.82, 2.24) is 14.9 Å². The molecule has 1 N–H and O–H groups in total. The fraction of sp³-hybridized carbons (Fsp3) is 0.550. The van der Waals surface area contributed by atoms with E-state index >= 15 is 0 Å². The third-order valence-corrected chi connectivity index (χ3v) is 5.73. The Kier molecular flexibility index (Phi) is 6.97. The van der Waals surface area contributed by atoms with E-state index in [1.54, 1.807) is 23.2 Å². The number of nitrogens with zero attached hydrogens (tertiary/aromatic N) is 3. The van der Waals surface area contributed by atoms with Crippen LogP contribution in [0.5, 0.6) is 5.75 Å². The Morgan fingerprint density at radius 1 is 1.30 bits per heavy atom. The summed E-state index contributed by atoms with van der Waals surface area (Å²) >= 11 is 1.27. The number of carbonyl (C=O) groups excluding carboxylic acids is 1. The number of piperidine rings is 1. The number of hydrogen-bond acceptors (Lipinski definition) is 6. The normalized spacial score (nSPS) is 20.2. The first-order valence-electron chi connectivity index (χ1n) is 9.68. The van der Waals surface area contributed by atoms with Gasteiger partial charge in [0.15, 0.2) is 5.13 Å². The second-order valence-electron chi connectivity index (χ2n) is 7.74. The third kappa shape index (κ3) is 6.40. The summed E-state index contributed by atoms with van der Waals surface area (Å²) in [7, 11) is 0. The number of pyridine rings is 1. The number of likely N-dealkylation sites (tertiary alicyclic amines) is 1. The van der Waals surface area contributed by atoms with E-state index in [1.165, 1.54) is 18.3 Å². The highest BCUT2D eigenvalue weighted by atomic mass is 32.1. The molecule has 10 heteroatoms. The van der Waals surface area contributed by atoms with Crippen LogP contribution in [-0.2, 0) is 11.3 Å². The maximum atomic E-state index is 13.5. The van der Waals surface area contributed by atoms with Gasteiger partial charge in [0.25, 0.3) is 0 Å². The summed E-state index contributed by atoms with van der Waals surface area (Å²) in [5.74, 6) is -1.25. The smallest absolute Gasteiger partial charge is 0.393 e. The highest BCUT2D eigenvalue weighted by molar-refractivity contribution is 7.15. The fourth-order valence-electron chi connectivity index (χ4n) is 3.69. The molecule has 1 aliphatic rings. The van der Waals surface area contributed by atoms with Gasteiger partial charge in [-0.3, -0.25) is 14.7 Å². The summed E-state index contributed by atoms with van der Waals surface area (Å²) in [5, 5.41) is 3.05. The average molecular weight is 443 g/mol. The van der Waals surface area contributed by atoms with Crippen LogP contribution in [-0.4, -0.2) is 46.6 Å². The van der Waals surface area contributed by atoms with Crippen LogP contribution in [0, 0.1) is 25.7 Å². The van der Waals surface area contributed by atoms with E-state index in [9.17, 15) is 18.0 Å². The molecule has 2 atom stereocenters. The van der Waals surface area contributed by atoms with E-state index in [1.807, 2.05) is 13.8 Å². The Bertz CT molecular complexity index is 867. The SMILES string of the molecule is CC(=O)Nc1ncc(CN2CC(COc3cc(C)nc(C)c3)C[C@@H](C(F)(F)F)C2)s1. The molecule has 1 unspecified atom stereocenters. The van der Waals surface area contributed by atoms with Gasteiger partial charge in [-0.2, -0.15) is 13.2 Å². The minimum atomic E-state index is -4.25. The molecular formula is C20H25F3N4O2S. The lowest BCUT2D eigenvalue weighted by atomic mass is 9.89. The maximum absolute atomic E-state index is 13.5. The van der Waals surface area contributed by atoms with Crippen LogP contribution in [0.3, 0.4) is 0 Å². The molecule has 2 aromatic heterocycles. The van der Waals surface area contributed by atoms with Crippen LogP contribution < -0.4 is 10.1 Å². The predicted molar refractivity (Wildman–Crippen MR) is 109 cm³/mol.